The minimum Gasteiger partial charge on any atom is -0.464 e. The molecule has 7 heteroatoms. The van der Waals surface area contributed by atoms with Gasteiger partial charge in [-0.15, -0.1) is 10.2 Å². The molecule has 1 aliphatic heterocycles. The van der Waals surface area contributed by atoms with Gasteiger partial charge in [-0.3, -0.25) is 9.69 Å². The molecule has 96 valence electrons. The second-order valence-corrected chi connectivity index (χ2v) is 4.39. The van der Waals surface area contributed by atoms with Gasteiger partial charge in [0.1, 0.15) is 0 Å². The molecule has 2 heterocycles. The third-order valence-electron chi connectivity index (χ3n) is 2.78. The Morgan fingerprint density at radius 1 is 1.56 bits per heavy atom. The summed E-state index contributed by atoms with van der Waals surface area (Å²) in [6, 6.07) is 3.09. The van der Waals surface area contributed by atoms with E-state index in [0.717, 1.165) is 0 Å². The van der Waals surface area contributed by atoms with Crippen molar-refractivity contribution in [3.8, 4) is 0 Å². The van der Waals surface area contributed by atoms with Gasteiger partial charge in [-0.2, -0.15) is 12.6 Å². The molecule has 0 spiro atoms. The van der Waals surface area contributed by atoms with Crippen molar-refractivity contribution >= 4 is 30.3 Å². The van der Waals surface area contributed by atoms with E-state index in [-0.39, 0.29) is 17.5 Å². The molecular weight excluding hydrogens is 254 g/mol. The molecule has 0 radical (unpaired) electrons. The van der Waals surface area contributed by atoms with Crippen molar-refractivity contribution < 1.29 is 14.3 Å². The second kappa shape index (κ2) is 5.34. The molecule has 1 fully saturated rings. The van der Waals surface area contributed by atoms with Gasteiger partial charge in [0.15, 0.2) is 11.5 Å². The van der Waals surface area contributed by atoms with Crippen molar-refractivity contribution in [1.29, 1.82) is 0 Å². The monoisotopic (exact) mass is 267 g/mol. The van der Waals surface area contributed by atoms with Gasteiger partial charge < -0.3 is 4.74 Å². The van der Waals surface area contributed by atoms with Gasteiger partial charge in [0.05, 0.1) is 7.11 Å². The van der Waals surface area contributed by atoms with Gasteiger partial charge in [-0.25, -0.2) is 4.79 Å². The zero-order valence-electron chi connectivity index (χ0n) is 9.87. The Hall–Kier alpha value is -1.63. The quantitative estimate of drug-likeness (QED) is 0.639. The van der Waals surface area contributed by atoms with E-state index in [1.165, 1.54) is 13.2 Å². The molecule has 1 atom stereocenters. The van der Waals surface area contributed by atoms with Gasteiger partial charge in [0.25, 0.3) is 0 Å². The summed E-state index contributed by atoms with van der Waals surface area (Å²) < 4.78 is 4.53. The highest BCUT2D eigenvalue weighted by atomic mass is 32.1. The number of amides is 1. The average Bonchev–Trinajstić information content (AvgIpc) is 2.79. The van der Waals surface area contributed by atoms with Crippen LogP contribution in [0, 0.1) is 5.92 Å². The van der Waals surface area contributed by atoms with Crippen LogP contribution in [0.15, 0.2) is 12.1 Å². The van der Waals surface area contributed by atoms with E-state index in [9.17, 15) is 9.59 Å². The SMILES string of the molecule is COC(=O)c1ccc(N2CC(CS)CC2=O)nn1. The van der Waals surface area contributed by atoms with Gasteiger partial charge in [0, 0.05) is 13.0 Å². The maximum Gasteiger partial charge on any atom is 0.358 e. The van der Waals surface area contributed by atoms with E-state index in [2.05, 4.69) is 27.6 Å². The number of ether oxygens (including phenoxy) is 1. The minimum absolute atomic E-state index is 0.00849. The standard InChI is InChI=1S/C11H13N3O3S/c1-17-11(16)8-2-3-9(13-12-8)14-5-7(6-18)4-10(14)15/h2-3,7,18H,4-6H2,1H3. The first kappa shape index (κ1) is 12.8. The molecule has 1 saturated heterocycles. The van der Waals surface area contributed by atoms with Crippen LogP contribution in [0.25, 0.3) is 0 Å². The first-order valence-electron chi connectivity index (χ1n) is 5.49. The molecule has 2 rings (SSSR count). The lowest BCUT2D eigenvalue weighted by molar-refractivity contribution is -0.117. The molecule has 18 heavy (non-hydrogen) atoms. The van der Waals surface area contributed by atoms with Crippen molar-refractivity contribution in [2.75, 3.05) is 24.3 Å². The zero-order valence-corrected chi connectivity index (χ0v) is 10.8. The maximum atomic E-state index is 11.8. The molecule has 1 unspecified atom stereocenters. The van der Waals surface area contributed by atoms with Crippen LogP contribution in [-0.4, -0.2) is 41.5 Å². The number of rotatable bonds is 3. The van der Waals surface area contributed by atoms with E-state index in [4.69, 9.17) is 0 Å². The van der Waals surface area contributed by atoms with E-state index in [0.29, 0.717) is 24.5 Å². The fraction of sp³-hybridized carbons (Fsp3) is 0.455. The molecule has 0 bridgehead atoms. The summed E-state index contributed by atoms with van der Waals surface area (Å²) in [4.78, 5) is 24.5. The number of nitrogens with zero attached hydrogens (tertiary/aromatic N) is 3. The van der Waals surface area contributed by atoms with Gasteiger partial charge in [-0.1, -0.05) is 0 Å². The molecule has 1 aromatic rings. The molecule has 0 saturated carbocycles. The van der Waals surface area contributed by atoms with Crippen LogP contribution in [-0.2, 0) is 9.53 Å². The molecule has 1 aliphatic rings. The maximum absolute atomic E-state index is 11.8. The Morgan fingerprint density at radius 2 is 2.33 bits per heavy atom. The molecule has 1 amide bonds. The molecule has 6 nitrogen and oxygen atoms in total. The predicted molar refractivity (Wildman–Crippen MR) is 67.7 cm³/mol. The number of carbonyl (C=O) groups excluding carboxylic acids is 2. The van der Waals surface area contributed by atoms with Crippen molar-refractivity contribution in [3.05, 3.63) is 17.8 Å². The molecule has 1 aromatic heterocycles. The first-order chi connectivity index (χ1) is 8.65. The Bertz CT molecular complexity index is 463. The summed E-state index contributed by atoms with van der Waals surface area (Å²) in [5.74, 6) is 0.819. The number of hydrogen-bond donors (Lipinski definition) is 1. The van der Waals surface area contributed by atoms with Gasteiger partial charge >= 0.3 is 5.97 Å². The number of anilines is 1. The van der Waals surface area contributed by atoms with Crippen molar-refractivity contribution in [1.82, 2.24) is 10.2 Å². The highest BCUT2D eigenvalue weighted by Crippen LogP contribution is 2.23. The Kier molecular flexibility index (Phi) is 3.81. The van der Waals surface area contributed by atoms with Crippen LogP contribution < -0.4 is 4.90 Å². The van der Waals surface area contributed by atoms with Crippen molar-refractivity contribution in [2.24, 2.45) is 5.92 Å². The average molecular weight is 267 g/mol. The molecular formula is C11H13N3O3S. The zero-order chi connectivity index (χ0) is 13.1. The Morgan fingerprint density at radius 3 is 2.83 bits per heavy atom. The normalized spacial score (nSPS) is 19.1. The van der Waals surface area contributed by atoms with Crippen LogP contribution in [0.2, 0.25) is 0 Å². The number of thiol groups is 1. The van der Waals surface area contributed by atoms with Crippen LogP contribution in [0.3, 0.4) is 0 Å². The predicted octanol–water partition coefficient (Wildman–Crippen LogP) is 0.546. The smallest absolute Gasteiger partial charge is 0.358 e. The van der Waals surface area contributed by atoms with Crippen molar-refractivity contribution in [3.63, 3.8) is 0 Å². The number of hydrogen-bond acceptors (Lipinski definition) is 6. The molecule has 0 N–H and O–H groups in total. The lowest BCUT2D eigenvalue weighted by atomic mass is 10.1. The van der Waals surface area contributed by atoms with Crippen molar-refractivity contribution in [2.45, 2.75) is 6.42 Å². The lowest BCUT2D eigenvalue weighted by Crippen LogP contribution is -2.26. The summed E-state index contributed by atoms with van der Waals surface area (Å²) in [5.41, 5.74) is 0.124. The minimum atomic E-state index is -0.546. The van der Waals surface area contributed by atoms with E-state index >= 15 is 0 Å². The van der Waals surface area contributed by atoms with Crippen LogP contribution in [0.1, 0.15) is 16.9 Å². The highest BCUT2D eigenvalue weighted by molar-refractivity contribution is 7.80. The van der Waals surface area contributed by atoms with Gasteiger partial charge in [0.2, 0.25) is 5.91 Å². The van der Waals surface area contributed by atoms with Crippen LogP contribution in [0.5, 0.6) is 0 Å². The fourth-order valence-corrected chi connectivity index (χ4v) is 2.05. The molecule has 0 aliphatic carbocycles. The molecule has 0 aromatic carbocycles. The summed E-state index contributed by atoms with van der Waals surface area (Å²) in [6.07, 6.45) is 0.476. The summed E-state index contributed by atoms with van der Waals surface area (Å²) in [7, 11) is 1.28. The number of methoxy groups -OCH3 is 1. The Balaban J connectivity index is 2.15. The van der Waals surface area contributed by atoms with Crippen LogP contribution >= 0.6 is 12.6 Å². The topological polar surface area (TPSA) is 72.4 Å². The van der Waals surface area contributed by atoms with Crippen LogP contribution in [0.4, 0.5) is 5.82 Å². The summed E-state index contributed by atoms with van der Waals surface area (Å²) in [5, 5.41) is 7.62. The second-order valence-electron chi connectivity index (χ2n) is 4.03. The van der Waals surface area contributed by atoms with E-state index in [1.54, 1.807) is 11.0 Å². The first-order valence-corrected chi connectivity index (χ1v) is 6.12. The number of aromatic nitrogens is 2. The fourth-order valence-electron chi connectivity index (χ4n) is 1.81. The van der Waals surface area contributed by atoms with Gasteiger partial charge in [-0.05, 0) is 23.8 Å². The summed E-state index contributed by atoms with van der Waals surface area (Å²) in [6.45, 7) is 0.592. The Labute approximate surface area is 110 Å². The van der Waals surface area contributed by atoms with E-state index in [1.807, 2.05) is 0 Å². The van der Waals surface area contributed by atoms with E-state index < -0.39 is 5.97 Å². The largest absolute Gasteiger partial charge is 0.464 e. The number of esters is 1. The lowest BCUT2D eigenvalue weighted by Gasteiger charge is -2.14. The highest BCUT2D eigenvalue weighted by Gasteiger charge is 2.30. The summed E-state index contributed by atoms with van der Waals surface area (Å²) >= 11 is 4.19. The number of carbonyl (C=O) groups is 2. The third kappa shape index (κ3) is 2.45. The third-order valence-corrected chi connectivity index (χ3v) is 3.30.